The van der Waals surface area contributed by atoms with E-state index >= 15 is 0 Å². The van der Waals surface area contributed by atoms with Gasteiger partial charge in [-0.15, -0.1) is 10.2 Å². The van der Waals surface area contributed by atoms with Crippen molar-refractivity contribution in [1.82, 2.24) is 25.0 Å². The van der Waals surface area contributed by atoms with Crippen LogP contribution in [0.4, 0.5) is 4.39 Å². The fraction of sp³-hybridized carbons (Fsp3) is 0.0370. The first kappa shape index (κ1) is 22.5. The number of thioether (sulfide) groups is 1. The predicted molar refractivity (Wildman–Crippen MR) is 138 cm³/mol. The van der Waals surface area contributed by atoms with Gasteiger partial charge in [0, 0.05) is 22.9 Å². The summed E-state index contributed by atoms with van der Waals surface area (Å²) in [7, 11) is 0. The molecule has 5 rings (SSSR count). The maximum absolute atomic E-state index is 13.5. The summed E-state index contributed by atoms with van der Waals surface area (Å²) in [5.41, 5.74) is 5.32. The summed E-state index contributed by atoms with van der Waals surface area (Å²) in [4.78, 5) is 3.16. The zero-order valence-electron chi connectivity index (χ0n) is 18.8. The molecule has 0 aliphatic carbocycles. The van der Waals surface area contributed by atoms with Crippen molar-refractivity contribution in [3.8, 4) is 28.3 Å². The molecule has 0 unspecified atom stereocenters. The molecule has 0 saturated carbocycles. The van der Waals surface area contributed by atoms with Gasteiger partial charge in [-0.2, -0.15) is 5.10 Å². The third kappa shape index (κ3) is 5.28. The van der Waals surface area contributed by atoms with Crippen LogP contribution in [0.2, 0.25) is 0 Å². The molecular weight excluding hydrogens is 459 g/mol. The Kier molecular flexibility index (Phi) is 6.36. The van der Waals surface area contributed by atoms with Crippen molar-refractivity contribution in [3.05, 3.63) is 108 Å². The number of rotatable bonds is 6. The first-order valence-corrected chi connectivity index (χ1v) is 11.7. The van der Waals surface area contributed by atoms with E-state index in [1.807, 2.05) is 73.8 Å². The molecule has 0 aliphatic heterocycles. The maximum Gasteiger partial charge on any atom is 0.195 e. The third-order valence-electron chi connectivity index (χ3n) is 5.29. The number of aromatic nitrogens is 5. The van der Waals surface area contributed by atoms with Crippen molar-refractivity contribution in [2.24, 2.45) is 0 Å². The van der Waals surface area contributed by atoms with E-state index in [1.165, 1.54) is 29.5 Å². The Morgan fingerprint density at radius 2 is 1.66 bits per heavy atom. The highest BCUT2D eigenvalue weighted by molar-refractivity contribution is 8.14. The Labute approximate surface area is 206 Å². The molecule has 35 heavy (non-hydrogen) atoms. The summed E-state index contributed by atoms with van der Waals surface area (Å²) in [6, 6.07) is 24.0. The van der Waals surface area contributed by atoms with Crippen LogP contribution in [0.5, 0.6) is 0 Å². The number of halogens is 1. The molecule has 5 aromatic rings. The van der Waals surface area contributed by atoms with E-state index in [4.69, 9.17) is 10.5 Å². The van der Waals surface area contributed by atoms with Gasteiger partial charge in [0.2, 0.25) is 0 Å². The van der Waals surface area contributed by atoms with Gasteiger partial charge in [-0.25, -0.2) is 9.07 Å². The SMILES string of the molecule is Cc1ccc(-c2nnc(SC(=N)/C=C/c3cn(-c4ccccc4)nc3-c3ccc(F)cc3)[nH]2)cc1. The minimum absolute atomic E-state index is 0.286. The number of aryl methyl sites for hydroxylation is 1. The van der Waals surface area contributed by atoms with Gasteiger partial charge in [0.15, 0.2) is 11.0 Å². The lowest BCUT2D eigenvalue weighted by atomic mass is 10.1. The summed E-state index contributed by atoms with van der Waals surface area (Å²) >= 11 is 1.18. The lowest BCUT2D eigenvalue weighted by molar-refractivity contribution is 0.628. The summed E-state index contributed by atoms with van der Waals surface area (Å²) < 4.78 is 15.3. The molecule has 0 fully saturated rings. The lowest BCUT2D eigenvalue weighted by Crippen LogP contribution is -1.94. The van der Waals surface area contributed by atoms with Crippen molar-refractivity contribution < 1.29 is 4.39 Å². The lowest BCUT2D eigenvalue weighted by Gasteiger charge is -2.00. The van der Waals surface area contributed by atoms with E-state index in [-0.39, 0.29) is 10.9 Å². The fourth-order valence-electron chi connectivity index (χ4n) is 3.49. The minimum Gasteiger partial charge on any atom is -0.316 e. The first-order chi connectivity index (χ1) is 17.0. The topological polar surface area (TPSA) is 83.2 Å². The van der Waals surface area contributed by atoms with Gasteiger partial charge in [0.05, 0.1) is 16.4 Å². The molecule has 0 radical (unpaired) electrons. The molecular formula is C27H21FN6S. The monoisotopic (exact) mass is 480 g/mol. The van der Waals surface area contributed by atoms with Gasteiger partial charge in [-0.05, 0) is 67.2 Å². The van der Waals surface area contributed by atoms with Crippen molar-refractivity contribution in [2.45, 2.75) is 12.1 Å². The highest BCUT2D eigenvalue weighted by atomic mass is 32.2. The number of nitrogens with one attached hydrogen (secondary N) is 2. The zero-order chi connectivity index (χ0) is 24.2. The third-order valence-corrected chi connectivity index (χ3v) is 6.03. The van der Waals surface area contributed by atoms with Crippen LogP contribution >= 0.6 is 11.8 Å². The predicted octanol–water partition coefficient (Wildman–Crippen LogP) is 6.55. The van der Waals surface area contributed by atoms with Gasteiger partial charge in [-0.1, -0.05) is 48.0 Å². The van der Waals surface area contributed by atoms with E-state index in [1.54, 1.807) is 22.9 Å². The number of hydrogen-bond donors (Lipinski definition) is 2. The molecule has 6 nitrogen and oxygen atoms in total. The van der Waals surface area contributed by atoms with E-state index in [2.05, 4.69) is 15.2 Å². The van der Waals surface area contributed by atoms with Gasteiger partial charge in [-0.3, -0.25) is 5.41 Å². The van der Waals surface area contributed by atoms with Crippen molar-refractivity contribution in [2.75, 3.05) is 0 Å². The average molecular weight is 481 g/mol. The molecule has 3 aromatic carbocycles. The van der Waals surface area contributed by atoms with Crippen LogP contribution in [-0.4, -0.2) is 30.0 Å². The molecule has 0 amide bonds. The van der Waals surface area contributed by atoms with E-state index in [0.29, 0.717) is 16.7 Å². The smallest absolute Gasteiger partial charge is 0.195 e. The number of hydrogen-bond acceptors (Lipinski definition) is 5. The van der Waals surface area contributed by atoms with Gasteiger partial charge >= 0.3 is 0 Å². The second-order valence-corrected chi connectivity index (χ2v) is 8.90. The molecule has 2 heterocycles. The fourth-order valence-corrected chi connectivity index (χ4v) is 4.07. The van der Waals surface area contributed by atoms with Crippen LogP contribution in [0.15, 0.2) is 96.3 Å². The van der Waals surface area contributed by atoms with Crippen LogP contribution in [0.25, 0.3) is 34.4 Å². The number of nitrogens with zero attached hydrogens (tertiary/aromatic N) is 4. The zero-order valence-corrected chi connectivity index (χ0v) is 19.6. The Morgan fingerprint density at radius 1 is 0.943 bits per heavy atom. The molecule has 2 N–H and O–H groups in total. The Balaban J connectivity index is 1.38. The van der Waals surface area contributed by atoms with Crippen molar-refractivity contribution >= 4 is 22.9 Å². The first-order valence-electron chi connectivity index (χ1n) is 10.9. The van der Waals surface area contributed by atoms with Gasteiger partial charge in [0.25, 0.3) is 0 Å². The van der Waals surface area contributed by atoms with E-state index in [0.717, 1.165) is 22.4 Å². The number of H-pyrrole nitrogens is 1. The molecule has 0 aliphatic rings. The summed E-state index contributed by atoms with van der Waals surface area (Å²) in [5.74, 6) is 0.357. The molecule has 0 atom stereocenters. The summed E-state index contributed by atoms with van der Waals surface area (Å²) in [5, 5.41) is 22.3. The highest BCUT2D eigenvalue weighted by Crippen LogP contribution is 2.26. The number of benzene rings is 3. The molecule has 172 valence electrons. The normalized spacial score (nSPS) is 11.3. The summed E-state index contributed by atoms with van der Waals surface area (Å²) in [6.45, 7) is 2.03. The van der Waals surface area contributed by atoms with E-state index in [9.17, 15) is 4.39 Å². The largest absolute Gasteiger partial charge is 0.316 e. The highest BCUT2D eigenvalue weighted by Gasteiger charge is 2.12. The van der Waals surface area contributed by atoms with Crippen molar-refractivity contribution in [1.29, 1.82) is 5.41 Å². The van der Waals surface area contributed by atoms with Crippen molar-refractivity contribution in [3.63, 3.8) is 0 Å². The van der Waals surface area contributed by atoms with E-state index < -0.39 is 0 Å². The van der Waals surface area contributed by atoms with Gasteiger partial charge in [0.1, 0.15) is 5.82 Å². The maximum atomic E-state index is 13.5. The second-order valence-electron chi connectivity index (χ2n) is 7.86. The molecule has 8 heteroatoms. The Morgan fingerprint density at radius 3 is 2.40 bits per heavy atom. The van der Waals surface area contributed by atoms with Crippen LogP contribution in [0.3, 0.4) is 0 Å². The Hall–Kier alpha value is -4.30. The Bertz CT molecular complexity index is 1490. The molecule has 0 spiro atoms. The molecule has 2 aromatic heterocycles. The van der Waals surface area contributed by atoms with Crippen LogP contribution < -0.4 is 0 Å². The molecule has 0 bridgehead atoms. The number of para-hydroxylation sites is 1. The number of aromatic amines is 1. The van der Waals surface area contributed by atoms with Crippen LogP contribution in [0.1, 0.15) is 11.1 Å². The quantitative estimate of drug-likeness (QED) is 0.164. The molecule has 0 saturated heterocycles. The average Bonchev–Trinajstić information content (AvgIpc) is 3.52. The van der Waals surface area contributed by atoms with Gasteiger partial charge < -0.3 is 4.98 Å². The minimum atomic E-state index is -0.302. The van der Waals surface area contributed by atoms with Crippen LogP contribution in [-0.2, 0) is 0 Å². The standard InChI is InChI=1S/C27H21FN6S/c1-18-7-9-20(10-8-18)26-30-27(32-31-26)35-24(29)16-13-21-17-34(23-5-3-2-4-6-23)33-25(21)19-11-14-22(28)15-12-19/h2-17,29H,1H3,(H,30,31,32)/b16-13+,29-24?. The van der Waals surface area contributed by atoms with Crippen LogP contribution in [0, 0.1) is 18.2 Å². The second kappa shape index (κ2) is 9.90. The summed E-state index contributed by atoms with van der Waals surface area (Å²) in [6.07, 6.45) is 5.42.